The quantitative estimate of drug-likeness (QED) is 0.886. The van der Waals surface area contributed by atoms with Crippen LogP contribution in [0.3, 0.4) is 0 Å². The second kappa shape index (κ2) is 6.54. The molecule has 102 valence electrons. The number of nitrogens with two attached hydrogens (primary N) is 1. The molecule has 0 aliphatic carbocycles. The fraction of sp³-hybridized carbons (Fsp3) is 0.833. The summed E-state index contributed by atoms with van der Waals surface area (Å²) in [5, 5.41) is 4.31. The van der Waals surface area contributed by atoms with Gasteiger partial charge in [0.15, 0.2) is 5.82 Å². The Hall–Kier alpha value is -0.590. The van der Waals surface area contributed by atoms with Gasteiger partial charge < -0.3 is 15.0 Å². The number of hydrogen-bond donors (Lipinski definition) is 1. The molecule has 0 bridgehead atoms. The highest BCUT2D eigenvalue weighted by Gasteiger charge is 2.23. The highest BCUT2D eigenvalue weighted by atomic mass is 32.2. The lowest BCUT2D eigenvalue weighted by atomic mass is 10.2. The fourth-order valence-corrected chi connectivity index (χ4v) is 3.06. The Morgan fingerprint density at radius 3 is 3.00 bits per heavy atom. The predicted molar refractivity (Wildman–Crippen MR) is 71.4 cm³/mol. The molecule has 2 heterocycles. The van der Waals surface area contributed by atoms with Crippen molar-refractivity contribution < 1.29 is 9.26 Å². The van der Waals surface area contributed by atoms with Gasteiger partial charge in [-0.15, -0.1) is 11.8 Å². The van der Waals surface area contributed by atoms with Crippen molar-refractivity contribution in [1.82, 2.24) is 10.1 Å². The van der Waals surface area contributed by atoms with Crippen LogP contribution in [-0.4, -0.2) is 28.6 Å². The van der Waals surface area contributed by atoms with Crippen LogP contribution in [0.2, 0.25) is 0 Å². The smallest absolute Gasteiger partial charge is 0.239 e. The van der Waals surface area contributed by atoms with Gasteiger partial charge in [0.2, 0.25) is 5.89 Å². The van der Waals surface area contributed by atoms with Gasteiger partial charge in [-0.3, -0.25) is 0 Å². The van der Waals surface area contributed by atoms with Crippen LogP contribution < -0.4 is 5.73 Å². The molecule has 5 nitrogen and oxygen atoms in total. The first-order valence-electron chi connectivity index (χ1n) is 6.49. The summed E-state index contributed by atoms with van der Waals surface area (Å²) in [4.78, 5) is 4.41. The van der Waals surface area contributed by atoms with Crippen molar-refractivity contribution >= 4 is 11.8 Å². The van der Waals surface area contributed by atoms with Crippen molar-refractivity contribution in [3.8, 4) is 0 Å². The van der Waals surface area contributed by atoms with Crippen molar-refractivity contribution in [1.29, 1.82) is 0 Å². The standard InChI is InChI=1S/C12H21N3O2S/c1-8(2)16-7-9(13)11-14-12(17-15-11)10-5-3-4-6-18-10/h8-10H,3-7,13H2,1-2H3. The Kier molecular flexibility index (Phi) is 5.03. The zero-order chi connectivity index (χ0) is 13.0. The monoisotopic (exact) mass is 271 g/mol. The van der Waals surface area contributed by atoms with Gasteiger partial charge in [0.25, 0.3) is 0 Å². The van der Waals surface area contributed by atoms with E-state index in [4.69, 9.17) is 15.0 Å². The number of nitrogens with zero attached hydrogens (tertiary/aromatic N) is 2. The van der Waals surface area contributed by atoms with E-state index in [2.05, 4.69) is 10.1 Å². The molecule has 6 heteroatoms. The zero-order valence-corrected chi connectivity index (χ0v) is 11.8. The van der Waals surface area contributed by atoms with Crippen molar-refractivity contribution in [3.63, 3.8) is 0 Å². The molecule has 0 saturated carbocycles. The summed E-state index contributed by atoms with van der Waals surface area (Å²) in [5.41, 5.74) is 5.97. The van der Waals surface area contributed by atoms with Crippen LogP contribution in [0.5, 0.6) is 0 Å². The van der Waals surface area contributed by atoms with Crippen LogP contribution in [0.15, 0.2) is 4.52 Å². The lowest BCUT2D eigenvalue weighted by Gasteiger charge is -2.17. The number of ether oxygens (including phenoxy) is 1. The minimum Gasteiger partial charge on any atom is -0.377 e. The van der Waals surface area contributed by atoms with Crippen LogP contribution in [0.25, 0.3) is 0 Å². The summed E-state index contributed by atoms with van der Waals surface area (Å²) in [7, 11) is 0. The van der Waals surface area contributed by atoms with E-state index < -0.39 is 0 Å². The topological polar surface area (TPSA) is 74.2 Å². The molecule has 1 aliphatic rings. The summed E-state index contributed by atoms with van der Waals surface area (Å²) < 4.78 is 10.8. The lowest BCUT2D eigenvalue weighted by molar-refractivity contribution is 0.0665. The molecule has 1 saturated heterocycles. The molecular weight excluding hydrogens is 250 g/mol. The summed E-state index contributed by atoms with van der Waals surface area (Å²) >= 11 is 1.89. The van der Waals surface area contributed by atoms with Gasteiger partial charge in [0, 0.05) is 0 Å². The summed E-state index contributed by atoms with van der Waals surface area (Å²) in [6.45, 7) is 4.38. The maximum atomic E-state index is 5.97. The molecular formula is C12H21N3O2S. The molecule has 2 atom stereocenters. The maximum Gasteiger partial charge on any atom is 0.239 e. The third-order valence-electron chi connectivity index (χ3n) is 2.85. The summed E-state index contributed by atoms with van der Waals surface area (Å²) in [5.74, 6) is 2.44. The van der Waals surface area contributed by atoms with E-state index in [1.807, 2.05) is 25.6 Å². The van der Waals surface area contributed by atoms with E-state index in [1.165, 1.54) is 18.6 Å². The lowest BCUT2D eigenvalue weighted by Crippen LogP contribution is -2.20. The molecule has 0 radical (unpaired) electrons. The molecule has 2 rings (SSSR count). The van der Waals surface area contributed by atoms with E-state index in [0.29, 0.717) is 17.7 Å². The van der Waals surface area contributed by atoms with Crippen molar-refractivity contribution in [3.05, 3.63) is 11.7 Å². The second-order valence-electron chi connectivity index (χ2n) is 4.83. The maximum absolute atomic E-state index is 5.97. The van der Waals surface area contributed by atoms with Crippen molar-refractivity contribution in [2.24, 2.45) is 5.73 Å². The first kappa shape index (κ1) is 13.8. The molecule has 18 heavy (non-hydrogen) atoms. The van der Waals surface area contributed by atoms with Gasteiger partial charge in [-0.1, -0.05) is 11.6 Å². The molecule has 1 fully saturated rings. The number of rotatable bonds is 5. The van der Waals surface area contributed by atoms with Gasteiger partial charge in [0.1, 0.15) is 0 Å². The molecule has 0 aromatic carbocycles. The Morgan fingerprint density at radius 1 is 1.50 bits per heavy atom. The molecule has 0 amide bonds. The van der Waals surface area contributed by atoms with E-state index >= 15 is 0 Å². The average Bonchev–Trinajstić information content (AvgIpc) is 2.86. The van der Waals surface area contributed by atoms with E-state index in [0.717, 1.165) is 12.3 Å². The molecule has 2 unspecified atom stereocenters. The second-order valence-corrected chi connectivity index (χ2v) is 6.15. The zero-order valence-electron chi connectivity index (χ0n) is 11.0. The van der Waals surface area contributed by atoms with E-state index in [-0.39, 0.29) is 12.1 Å². The van der Waals surface area contributed by atoms with Gasteiger partial charge in [0.05, 0.1) is 24.0 Å². The highest BCUT2D eigenvalue weighted by molar-refractivity contribution is 7.99. The number of aromatic nitrogens is 2. The Bertz CT molecular complexity index is 364. The molecule has 1 aliphatic heterocycles. The minimum atomic E-state index is -0.307. The molecule has 1 aromatic rings. The first-order chi connectivity index (χ1) is 8.66. The van der Waals surface area contributed by atoms with Crippen LogP contribution in [0.1, 0.15) is 56.1 Å². The largest absolute Gasteiger partial charge is 0.377 e. The van der Waals surface area contributed by atoms with Crippen LogP contribution in [0, 0.1) is 0 Å². The Morgan fingerprint density at radius 2 is 2.33 bits per heavy atom. The van der Waals surface area contributed by atoms with Crippen LogP contribution in [-0.2, 0) is 4.74 Å². The van der Waals surface area contributed by atoms with E-state index in [9.17, 15) is 0 Å². The first-order valence-corrected chi connectivity index (χ1v) is 7.54. The van der Waals surface area contributed by atoms with E-state index in [1.54, 1.807) is 0 Å². The SMILES string of the molecule is CC(C)OCC(N)c1noc(C2CCCCS2)n1. The van der Waals surface area contributed by atoms with Gasteiger partial charge in [-0.25, -0.2) is 0 Å². The summed E-state index contributed by atoms with van der Waals surface area (Å²) in [6.07, 6.45) is 3.79. The minimum absolute atomic E-state index is 0.163. The highest BCUT2D eigenvalue weighted by Crippen LogP contribution is 2.37. The fourth-order valence-electron chi connectivity index (χ4n) is 1.83. The van der Waals surface area contributed by atoms with Crippen molar-refractivity contribution in [2.75, 3.05) is 12.4 Å². The number of hydrogen-bond acceptors (Lipinski definition) is 6. The van der Waals surface area contributed by atoms with Gasteiger partial charge >= 0.3 is 0 Å². The van der Waals surface area contributed by atoms with Gasteiger partial charge in [-0.05, 0) is 32.4 Å². The molecule has 0 spiro atoms. The van der Waals surface area contributed by atoms with Crippen molar-refractivity contribution in [2.45, 2.75) is 50.5 Å². The Labute approximate surface area is 112 Å². The third-order valence-corrected chi connectivity index (χ3v) is 4.22. The van der Waals surface area contributed by atoms with Crippen LogP contribution in [0.4, 0.5) is 0 Å². The predicted octanol–water partition coefficient (Wildman–Crippen LogP) is 2.45. The van der Waals surface area contributed by atoms with Gasteiger partial charge in [-0.2, -0.15) is 4.98 Å². The number of thioether (sulfide) groups is 1. The average molecular weight is 271 g/mol. The molecule has 1 aromatic heterocycles. The normalized spacial score (nSPS) is 22.3. The molecule has 2 N–H and O–H groups in total. The third kappa shape index (κ3) is 3.70. The van der Waals surface area contributed by atoms with Crippen LogP contribution >= 0.6 is 11.8 Å². The summed E-state index contributed by atoms with van der Waals surface area (Å²) in [6, 6.07) is -0.307. The Balaban J connectivity index is 1.92.